The molecule has 1 atom stereocenters. The van der Waals surface area contributed by atoms with Gasteiger partial charge in [0.05, 0.1) is 6.61 Å². The lowest BCUT2D eigenvalue weighted by Gasteiger charge is -2.16. The Morgan fingerprint density at radius 2 is 2.24 bits per heavy atom. The number of nitrogens with two attached hydrogens (primary N) is 1. The summed E-state index contributed by atoms with van der Waals surface area (Å²) in [5.41, 5.74) is 6.49. The van der Waals surface area contributed by atoms with Gasteiger partial charge in [-0.3, -0.25) is 4.79 Å². The SMILES string of the molecule is COCCCOc1cccc(C(=O)N2CC[C@@H](N)C2)c1.Cl. The highest BCUT2D eigenvalue weighted by molar-refractivity contribution is 5.94. The molecule has 0 bridgehead atoms. The first-order valence-corrected chi connectivity index (χ1v) is 6.97. The van der Waals surface area contributed by atoms with Crippen LogP contribution >= 0.6 is 12.4 Å². The topological polar surface area (TPSA) is 64.8 Å². The third-order valence-corrected chi connectivity index (χ3v) is 3.35. The van der Waals surface area contributed by atoms with Crippen LogP contribution in [0.1, 0.15) is 23.2 Å². The maximum absolute atomic E-state index is 12.3. The third-order valence-electron chi connectivity index (χ3n) is 3.35. The summed E-state index contributed by atoms with van der Waals surface area (Å²) in [6.07, 6.45) is 1.70. The van der Waals surface area contributed by atoms with Crippen LogP contribution in [0.3, 0.4) is 0 Å². The van der Waals surface area contributed by atoms with E-state index in [-0.39, 0.29) is 24.4 Å². The predicted octanol–water partition coefficient (Wildman–Crippen LogP) is 1.70. The van der Waals surface area contributed by atoms with Crippen LogP contribution in [0.4, 0.5) is 0 Å². The molecule has 0 spiro atoms. The summed E-state index contributed by atoms with van der Waals surface area (Å²) in [5.74, 6) is 0.746. The average Bonchev–Trinajstić information content (AvgIpc) is 2.90. The second-order valence-corrected chi connectivity index (χ2v) is 5.02. The Labute approximate surface area is 131 Å². The lowest BCUT2D eigenvalue weighted by Crippen LogP contribution is -2.31. The molecule has 1 fully saturated rings. The second-order valence-electron chi connectivity index (χ2n) is 5.02. The lowest BCUT2D eigenvalue weighted by molar-refractivity contribution is 0.0790. The van der Waals surface area contributed by atoms with E-state index in [1.165, 1.54) is 0 Å². The second kappa shape index (κ2) is 8.87. The van der Waals surface area contributed by atoms with Crippen molar-refractivity contribution in [2.24, 2.45) is 5.73 Å². The number of carbonyl (C=O) groups is 1. The minimum Gasteiger partial charge on any atom is -0.493 e. The Hall–Kier alpha value is -1.30. The first-order chi connectivity index (χ1) is 9.70. The number of likely N-dealkylation sites (tertiary alicyclic amines) is 1. The molecule has 0 aliphatic carbocycles. The van der Waals surface area contributed by atoms with Crippen LogP contribution in [0.5, 0.6) is 5.75 Å². The monoisotopic (exact) mass is 314 g/mol. The maximum Gasteiger partial charge on any atom is 0.254 e. The van der Waals surface area contributed by atoms with Gasteiger partial charge in [-0.25, -0.2) is 0 Å². The Balaban J connectivity index is 0.00000220. The predicted molar refractivity (Wildman–Crippen MR) is 84.2 cm³/mol. The molecule has 1 aliphatic heterocycles. The Kier molecular flexibility index (Phi) is 7.50. The highest BCUT2D eigenvalue weighted by atomic mass is 35.5. The van der Waals surface area contributed by atoms with Crippen molar-refractivity contribution in [2.45, 2.75) is 18.9 Å². The molecule has 0 saturated carbocycles. The van der Waals surface area contributed by atoms with Gasteiger partial charge < -0.3 is 20.1 Å². The quantitative estimate of drug-likeness (QED) is 0.812. The average molecular weight is 315 g/mol. The van der Waals surface area contributed by atoms with E-state index in [1.807, 2.05) is 18.2 Å². The minimum atomic E-state index is 0. The van der Waals surface area contributed by atoms with E-state index >= 15 is 0 Å². The number of amides is 1. The molecule has 1 aromatic carbocycles. The maximum atomic E-state index is 12.3. The van der Waals surface area contributed by atoms with Gasteiger partial charge in [0.2, 0.25) is 0 Å². The van der Waals surface area contributed by atoms with Gasteiger partial charge in [-0.2, -0.15) is 0 Å². The molecule has 118 valence electrons. The van der Waals surface area contributed by atoms with Gasteiger partial charge in [0.25, 0.3) is 5.91 Å². The van der Waals surface area contributed by atoms with E-state index in [9.17, 15) is 4.79 Å². The number of carbonyl (C=O) groups excluding carboxylic acids is 1. The molecular weight excluding hydrogens is 292 g/mol. The minimum absolute atomic E-state index is 0. The normalized spacial score (nSPS) is 17.4. The van der Waals surface area contributed by atoms with Gasteiger partial charge in [0.1, 0.15) is 5.75 Å². The molecule has 1 aromatic rings. The lowest BCUT2D eigenvalue weighted by atomic mass is 10.2. The molecular formula is C15H23ClN2O3. The summed E-state index contributed by atoms with van der Waals surface area (Å²) in [4.78, 5) is 14.1. The number of rotatable bonds is 6. The van der Waals surface area contributed by atoms with Gasteiger partial charge in [-0.05, 0) is 24.6 Å². The van der Waals surface area contributed by atoms with Crippen LogP contribution in [0.15, 0.2) is 24.3 Å². The van der Waals surface area contributed by atoms with Gasteiger partial charge in [0.15, 0.2) is 0 Å². The number of benzene rings is 1. The first-order valence-electron chi connectivity index (χ1n) is 6.97. The zero-order chi connectivity index (χ0) is 14.4. The molecule has 5 nitrogen and oxygen atoms in total. The van der Waals surface area contributed by atoms with E-state index in [0.717, 1.165) is 25.1 Å². The highest BCUT2D eigenvalue weighted by Crippen LogP contribution is 2.17. The van der Waals surface area contributed by atoms with Crippen LogP contribution in [0.25, 0.3) is 0 Å². The van der Waals surface area contributed by atoms with Crippen LogP contribution in [-0.4, -0.2) is 50.3 Å². The van der Waals surface area contributed by atoms with E-state index < -0.39 is 0 Å². The summed E-state index contributed by atoms with van der Waals surface area (Å²) in [7, 11) is 1.67. The number of methoxy groups -OCH3 is 1. The van der Waals surface area contributed by atoms with Crippen LogP contribution < -0.4 is 10.5 Å². The zero-order valence-corrected chi connectivity index (χ0v) is 13.1. The van der Waals surface area contributed by atoms with Crippen molar-refractivity contribution >= 4 is 18.3 Å². The number of halogens is 1. The molecule has 0 unspecified atom stereocenters. The van der Waals surface area contributed by atoms with Crippen LogP contribution in [0, 0.1) is 0 Å². The fourth-order valence-corrected chi connectivity index (χ4v) is 2.27. The highest BCUT2D eigenvalue weighted by Gasteiger charge is 2.24. The van der Waals surface area contributed by atoms with Crippen molar-refractivity contribution in [1.29, 1.82) is 0 Å². The van der Waals surface area contributed by atoms with Crippen molar-refractivity contribution < 1.29 is 14.3 Å². The van der Waals surface area contributed by atoms with E-state index in [2.05, 4.69) is 0 Å². The molecule has 0 aromatic heterocycles. The third kappa shape index (κ3) is 5.19. The van der Waals surface area contributed by atoms with Crippen molar-refractivity contribution in [3.05, 3.63) is 29.8 Å². The van der Waals surface area contributed by atoms with Crippen LogP contribution in [0.2, 0.25) is 0 Å². The Bertz CT molecular complexity index is 456. The molecule has 1 heterocycles. The first kappa shape index (κ1) is 17.8. The molecule has 1 amide bonds. The van der Waals surface area contributed by atoms with E-state index in [4.69, 9.17) is 15.2 Å². The Morgan fingerprint density at radius 3 is 2.90 bits per heavy atom. The van der Waals surface area contributed by atoms with Gasteiger partial charge in [0, 0.05) is 44.8 Å². The molecule has 2 N–H and O–H groups in total. The Morgan fingerprint density at radius 1 is 1.43 bits per heavy atom. The number of hydrogen-bond acceptors (Lipinski definition) is 4. The van der Waals surface area contributed by atoms with Crippen molar-refractivity contribution in [1.82, 2.24) is 4.90 Å². The van der Waals surface area contributed by atoms with Crippen molar-refractivity contribution in [2.75, 3.05) is 33.4 Å². The molecule has 1 saturated heterocycles. The van der Waals surface area contributed by atoms with Gasteiger partial charge in [-0.1, -0.05) is 6.07 Å². The number of hydrogen-bond donors (Lipinski definition) is 1. The van der Waals surface area contributed by atoms with E-state index in [0.29, 0.717) is 25.3 Å². The number of nitrogens with zero attached hydrogens (tertiary/aromatic N) is 1. The fourth-order valence-electron chi connectivity index (χ4n) is 2.27. The molecule has 21 heavy (non-hydrogen) atoms. The summed E-state index contributed by atoms with van der Waals surface area (Å²) in [5, 5.41) is 0. The smallest absolute Gasteiger partial charge is 0.254 e. The molecule has 6 heteroatoms. The molecule has 1 aliphatic rings. The summed E-state index contributed by atoms with van der Waals surface area (Å²) < 4.78 is 10.6. The van der Waals surface area contributed by atoms with Crippen molar-refractivity contribution in [3.8, 4) is 5.75 Å². The molecule has 2 rings (SSSR count). The van der Waals surface area contributed by atoms with Gasteiger partial charge in [-0.15, -0.1) is 12.4 Å². The van der Waals surface area contributed by atoms with E-state index in [1.54, 1.807) is 18.1 Å². The fraction of sp³-hybridized carbons (Fsp3) is 0.533. The standard InChI is InChI=1S/C15H22N2O3.ClH/c1-19-8-3-9-20-14-5-2-4-12(10-14)15(18)17-7-6-13(16)11-17;/h2,4-5,10,13H,3,6-9,11,16H2,1H3;1H/t13-;/m1./s1. The zero-order valence-electron chi connectivity index (χ0n) is 12.3. The summed E-state index contributed by atoms with van der Waals surface area (Å²) in [6.45, 7) is 2.63. The summed E-state index contributed by atoms with van der Waals surface area (Å²) in [6, 6.07) is 7.41. The largest absolute Gasteiger partial charge is 0.493 e. The number of ether oxygens (including phenoxy) is 2. The van der Waals surface area contributed by atoms with Crippen LogP contribution in [-0.2, 0) is 4.74 Å². The van der Waals surface area contributed by atoms with Gasteiger partial charge >= 0.3 is 0 Å². The van der Waals surface area contributed by atoms with Crippen molar-refractivity contribution in [3.63, 3.8) is 0 Å². The summed E-state index contributed by atoms with van der Waals surface area (Å²) >= 11 is 0. The molecule has 0 radical (unpaired) electrons.